The molecule has 0 bridgehead atoms. The monoisotopic (exact) mass is 299 g/mol. The van der Waals surface area contributed by atoms with Crippen molar-refractivity contribution in [2.75, 3.05) is 40.3 Å². The maximum absolute atomic E-state index is 12.2. The molecule has 0 aromatic carbocycles. The van der Waals surface area contributed by atoms with Gasteiger partial charge in [0.1, 0.15) is 0 Å². The van der Waals surface area contributed by atoms with E-state index in [1.807, 2.05) is 32.8 Å². The highest BCUT2D eigenvalue weighted by Gasteiger charge is 2.25. The molecule has 2 N–H and O–H groups in total. The lowest BCUT2D eigenvalue weighted by Crippen LogP contribution is -2.50. The Labute approximate surface area is 129 Å². The van der Waals surface area contributed by atoms with Crippen LogP contribution in [0.15, 0.2) is 0 Å². The van der Waals surface area contributed by atoms with Crippen LogP contribution in [-0.4, -0.2) is 73.2 Å². The minimum atomic E-state index is -0.489. The van der Waals surface area contributed by atoms with E-state index in [1.54, 1.807) is 0 Å². The van der Waals surface area contributed by atoms with Gasteiger partial charge < -0.3 is 15.3 Å². The van der Waals surface area contributed by atoms with Gasteiger partial charge in [-0.25, -0.2) is 0 Å². The largest absolute Gasteiger partial charge is 0.390 e. The van der Waals surface area contributed by atoms with Gasteiger partial charge in [-0.1, -0.05) is 20.8 Å². The highest BCUT2D eigenvalue weighted by Crippen LogP contribution is 2.15. The molecule has 0 aliphatic carbocycles. The van der Waals surface area contributed by atoms with Crippen molar-refractivity contribution in [3.63, 3.8) is 0 Å². The summed E-state index contributed by atoms with van der Waals surface area (Å²) in [7, 11) is 3.82. The predicted molar refractivity (Wildman–Crippen MR) is 86.2 cm³/mol. The maximum Gasteiger partial charge on any atom is 0.237 e. The molecule has 5 nitrogen and oxygen atoms in total. The molecular weight excluding hydrogens is 266 g/mol. The number of rotatable bonds is 7. The van der Waals surface area contributed by atoms with Crippen molar-refractivity contribution in [1.29, 1.82) is 0 Å². The fraction of sp³-hybridized carbons (Fsp3) is 0.938. The average molecular weight is 299 g/mol. The van der Waals surface area contributed by atoms with Gasteiger partial charge in [0.25, 0.3) is 0 Å². The molecule has 0 spiro atoms. The first-order valence-electron chi connectivity index (χ1n) is 8.15. The van der Waals surface area contributed by atoms with Gasteiger partial charge >= 0.3 is 0 Å². The highest BCUT2D eigenvalue weighted by atomic mass is 16.3. The average Bonchev–Trinajstić information content (AvgIpc) is 2.38. The summed E-state index contributed by atoms with van der Waals surface area (Å²) in [5, 5.41) is 13.0. The van der Waals surface area contributed by atoms with Crippen LogP contribution in [0, 0.1) is 11.8 Å². The van der Waals surface area contributed by atoms with Gasteiger partial charge in [0.2, 0.25) is 5.91 Å². The maximum atomic E-state index is 12.2. The minimum absolute atomic E-state index is 0.00122. The van der Waals surface area contributed by atoms with E-state index in [2.05, 4.69) is 17.1 Å². The van der Waals surface area contributed by atoms with Crippen molar-refractivity contribution < 1.29 is 9.90 Å². The third kappa shape index (κ3) is 6.32. The van der Waals surface area contributed by atoms with E-state index in [-0.39, 0.29) is 17.9 Å². The number of aliphatic hydroxyl groups is 1. The van der Waals surface area contributed by atoms with Crippen LogP contribution in [0.3, 0.4) is 0 Å². The van der Waals surface area contributed by atoms with E-state index < -0.39 is 6.10 Å². The van der Waals surface area contributed by atoms with Gasteiger partial charge in [-0.15, -0.1) is 0 Å². The first kappa shape index (κ1) is 18.4. The Kier molecular flexibility index (Phi) is 7.63. The molecule has 5 heteroatoms. The summed E-state index contributed by atoms with van der Waals surface area (Å²) in [4.78, 5) is 16.4. The van der Waals surface area contributed by atoms with Crippen LogP contribution >= 0.6 is 0 Å². The Morgan fingerprint density at radius 2 is 1.90 bits per heavy atom. The summed E-state index contributed by atoms with van der Waals surface area (Å²) in [6.07, 6.45) is 1.92. The van der Waals surface area contributed by atoms with Crippen molar-refractivity contribution >= 4 is 5.91 Å². The second-order valence-electron chi connectivity index (χ2n) is 7.03. The molecule has 21 heavy (non-hydrogen) atoms. The zero-order valence-electron chi connectivity index (χ0n) is 14.3. The Hall–Kier alpha value is -0.650. The third-order valence-electron chi connectivity index (χ3n) is 4.31. The Bertz CT molecular complexity index is 305. The van der Waals surface area contributed by atoms with Crippen LogP contribution in [0.1, 0.15) is 33.6 Å². The van der Waals surface area contributed by atoms with Gasteiger partial charge in [-0.05, 0) is 51.9 Å². The number of likely N-dealkylation sites (tertiary alicyclic amines) is 1. The fourth-order valence-electron chi connectivity index (χ4n) is 3.06. The second-order valence-corrected chi connectivity index (χ2v) is 7.03. The Balaban J connectivity index is 2.31. The molecule has 0 saturated carbocycles. The van der Waals surface area contributed by atoms with E-state index in [1.165, 1.54) is 12.8 Å². The first-order valence-corrected chi connectivity index (χ1v) is 8.15. The number of carbonyl (C=O) groups is 1. The van der Waals surface area contributed by atoms with Gasteiger partial charge in [-0.3, -0.25) is 9.69 Å². The number of amides is 1. The zero-order valence-corrected chi connectivity index (χ0v) is 14.3. The number of β-amino-alcohol motifs (C(OH)–C–C–N with tert-alkyl or cyclic N) is 1. The number of likely N-dealkylation sites (N-methyl/N-ethyl adjacent to an activating group) is 1. The molecule has 124 valence electrons. The summed E-state index contributed by atoms with van der Waals surface area (Å²) < 4.78 is 0. The summed E-state index contributed by atoms with van der Waals surface area (Å²) in [6.45, 7) is 9.45. The molecule has 1 rings (SSSR count). The predicted octanol–water partition coefficient (Wildman–Crippen LogP) is 0.782. The standard InChI is InChI=1S/C16H33N3O2/c1-12(2)15(18(4)5)16(21)17-10-14(20)11-19-8-6-13(3)7-9-19/h12-15,20H,6-11H2,1-5H3,(H,17,21). The summed E-state index contributed by atoms with van der Waals surface area (Å²) in [5.74, 6) is 1.05. The van der Waals surface area contributed by atoms with E-state index >= 15 is 0 Å². The number of nitrogens with one attached hydrogen (secondary N) is 1. The Morgan fingerprint density at radius 1 is 1.33 bits per heavy atom. The molecule has 1 aliphatic heterocycles. The normalized spacial score (nSPS) is 20.8. The van der Waals surface area contributed by atoms with Crippen LogP contribution < -0.4 is 5.32 Å². The van der Waals surface area contributed by atoms with E-state index in [0.29, 0.717) is 13.1 Å². The molecule has 2 atom stereocenters. The lowest BCUT2D eigenvalue weighted by molar-refractivity contribution is -0.127. The van der Waals surface area contributed by atoms with Crippen molar-refractivity contribution in [3.05, 3.63) is 0 Å². The summed E-state index contributed by atoms with van der Waals surface area (Å²) >= 11 is 0. The SMILES string of the molecule is CC1CCN(CC(O)CNC(=O)C(C(C)C)N(C)C)CC1. The minimum Gasteiger partial charge on any atom is -0.390 e. The molecule has 2 unspecified atom stereocenters. The van der Waals surface area contributed by atoms with Gasteiger partial charge in [0.15, 0.2) is 0 Å². The highest BCUT2D eigenvalue weighted by molar-refractivity contribution is 5.81. The number of nitrogens with zero attached hydrogens (tertiary/aromatic N) is 2. The van der Waals surface area contributed by atoms with E-state index in [0.717, 1.165) is 19.0 Å². The lowest BCUT2D eigenvalue weighted by atomic mass is 9.99. The quantitative estimate of drug-likeness (QED) is 0.729. The van der Waals surface area contributed by atoms with Crippen molar-refractivity contribution in [3.8, 4) is 0 Å². The molecule has 0 aromatic rings. The van der Waals surface area contributed by atoms with Crippen LogP contribution in [0.25, 0.3) is 0 Å². The number of piperidine rings is 1. The van der Waals surface area contributed by atoms with E-state index in [4.69, 9.17) is 0 Å². The fourth-order valence-corrected chi connectivity index (χ4v) is 3.06. The Morgan fingerprint density at radius 3 is 2.38 bits per heavy atom. The van der Waals surface area contributed by atoms with Crippen molar-refractivity contribution in [1.82, 2.24) is 15.1 Å². The lowest BCUT2D eigenvalue weighted by Gasteiger charge is -2.32. The van der Waals surface area contributed by atoms with Gasteiger partial charge in [0.05, 0.1) is 12.1 Å². The smallest absolute Gasteiger partial charge is 0.237 e. The van der Waals surface area contributed by atoms with Gasteiger partial charge in [-0.2, -0.15) is 0 Å². The third-order valence-corrected chi connectivity index (χ3v) is 4.31. The number of hydrogen-bond donors (Lipinski definition) is 2. The molecule has 1 saturated heterocycles. The second kappa shape index (κ2) is 8.71. The molecular formula is C16H33N3O2. The van der Waals surface area contributed by atoms with Crippen LogP contribution in [0.5, 0.6) is 0 Å². The zero-order chi connectivity index (χ0) is 16.0. The first-order chi connectivity index (χ1) is 9.81. The topological polar surface area (TPSA) is 55.8 Å². The molecule has 1 heterocycles. The number of aliphatic hydroxyl groups excluding tert-OH is 1. The van der Waals surface area contributed by atoms with Crippen LogP contribution in [0.2, 0.25) is 0 Å². The van der Waals surface area contributed by atoms with Crippen LogP contribution in [0.4, 0.5) is 0 Å². The number of carbonyl (C=O) groups excluding carboxylic acids is 1. The summed E-state index contributed by atoms with van der Waals surface area (Å²) in [6, 6.07) is -0.145. The van der Waals surface area contributed by atoms with Gasteiger partial charge in [0, 0.05) is 13.1 Å². The van der Waals surface area contributed by atoms with Crippen molar-refractivity contribution in [2.24, 2.45) is 11.8 Å². The van der Waals surface area contributed by atoms with E-state index in [9.17, 15) is 9.90 Å². The summed E-state index contributed by atoms with van der Waals surface area (Å²) in [5.41, 5.74) is 0. The van der Waals surface area contributed by atoms with Crippen molar-refractivity contribution in [2.45, 2.75) is 45.8 Å². The molecule has 0 aromatic heterocycles. The molecule has 1 fully saturated rings. The molecule has 1 aliphatic rings. The molecule has 1 amide bonds. The number of hydrogen-bond acceptors (Lipinski definition) is 4. The molecule has 0 radical (unpaired) electrons. The van der Waals surface area contributed by atoms with Crippen LogP contribution in [-0.2, 0) is 4.79 Å².